The van der Waals surface area contributed by atoms with Gasteiger partial charge in [-0.15, -0.1) is 0 Å². The molecule has 2 rings (SSSR count). The number of nitrogens with one attached hydrogen (secondary N) is 2. The van der Waals surface area contributed by atoms with Crippen LogP contribution in [-0.4, -0.2) is 25.0 Å². The second-order valence-electron chi connectivity index (χ2n) is 6.30. The Morgan fingerprint density at radius 3 is 2.15 bits per heavy atom. The van der Waals surface area contributed by atoms with E-state index in [-0.39, 0.29) is 30.5 Å². The lowest BCUT2D eigenvalue weighted by Gasteiger charge is -2.13. The predicted octanol–water partition coefficient (Wildman–Crippen LogP) is 3.51. The van der Waals surface area contributed by atoms with E-state index in [4.69, 9.17) is 0 Å². The molecule has 2 aromatic carbocycles. The van der Waals surface area contributed by atoms with Crippen molar-refractivity contribution in [3.63, 3.8) is 0 Å². The number of aryl methyl sites for hydroxylation is 3. The topological polar surface area (TPSA) is 67.4 Å². The minimum absolute atomic E-state index is 0.0253. The van der Waals surface area contributed by atoms with Crippen molar-refractivity contribution in [1.29, 1.82) is 0 Å². The first kappa shape index (κ1) is 20.4. The molecule has 0 heterocycles. The second-order valence-corrected chi connectivity index (χ2v) is 6.30. The van der Waals surface area contributed by atoms with Crippen molar-refractivity contribution >= 4 is 17.5 Å². The van der Waals surface area contributed by atoms with E-state index in [2.05, 4.69) is 15.4 Å². The highest BCUT2D eigenvalue weighted by atomic mass is 19.3. The summed E-state index contributed by atoms with van der Waals surface area (Å²) in [5.41, 5.74) is 4.40. The monoisotopic (exact) mass is 376 g/mol. The van der Waals surface area contributed by atoms with Crippen LogP contribution in [-0.2, 0) is 16.0 Å². The van der Waals surface area contributed by atoms with E-state index in [9.17, 15) is 18.4 Å². The van der Waals surface area contributed by atoms with Gasteiger partial charge in [0.25, 0.3) is 0 Å². The third-order valence-electron chi connectivity index (χ3n) is 3.90. The lowest BCUT2D eigenvalue weighted by atomic mass is 10.1. The molecule has 0 saturated carbocycles. The molecule has 0 aliphatic carbocycles. The summed E-state index contributed by atoms with van der Waals surface area (Å²) in [5.74, 6) is -0.638. The molecule has 0 saturated heterocycles. The first-order chi connectivity index (χ1) is 12.7. The minimum atomic E-state index is -2.89. The fraction of sp³-hybridized carbons (Fsp3) is 0.300. The molecule has 0 aliphatic rings. The summed E-state index contributed by atoms with van der Waals surface area (Å²) in [6.45, 7) is 2.76. The predicted molar refractivity (Wildman–Crippen MR) is 99.1 cm³/mol. The number of anilines is 1. The van der Waals surface area contributed by atoms with Crippen molar-refractivity contribution < 1.29 is 23.1 Å². The highest BCUT2D eigenvalue weighted by Crippen LogP contribution is 2.21. The minimum Gasteiger partial charge on any atom is -0.435 e. The molecule has 0 aliphatic heterocycles. The maximum Gasteiger partial charge on any atom is 0.387 e. The number of hydrogen-bond donors (Lipinski definition) is 2. The molecule has 0 bridgehead atoms. The number of halogens is 2. The van der Waals surface area contributed by atoms with Crippen LogP contribution in [0, 0.1) is 20.8 Å². The van der Waals surface area contributed by atoms with E-state index in [1.165, 1.54) is 24.3 Å². The van der Waals surface area contributed by atoms with Gasteiger partial charge < -0.3 is 15.4 Å². The molecule has 0 aromatic heterocycles. The number of carbonyl (C=O) groups is 2. The lowest BCUT2D eigenvalue weighted by Crippen LogP contribution is -2.34. The SMILES string of the molecule is Cc1cc(C)c(NC(=O)CNC(=O)Cc2ccc(OC(F)F)cc2)c(C)c1. The Morgan fingerprint density at radius 1 is 1.00 bits per heavy atom. The van der Waals surface area contributed by atoms with E-state index < -0.39 is 6.61 Å². The van der Waals surface area contributed by atoms with Crippen LogP contribution in [0.5, 0.6) is 5.75 Å². The molecule has 0 fully saturated rings. The molecule has 5 nitrogen and oxygen atoms in total. The number of ether oxygens (including phenoxy) is 1. The summed E-state index contributed by atoms with van der Waals surface area (Å²) in [6, 6.07) is 9.73. The first-order valence-corrected chi connectivity index (χ1v) is 8.42. The highest BCUT2D eigenvalue weighted by molar-refractivity contribution is 5.96. The summed E-state index contributed by atoms with van der Waals surface area (Å²) in [7, 11) is 0. The molecular weight excluding hydrogens is 354 g/mol. The first-order valence-electron chi connectivity index (χ1n) is 8.42. The Morgan fingerprint density at radius 2 is 1.59 bits per heavy atom. The standard InChI is InChI=1S/C20H22F2N2O3/c1-12-8-13(2)19(14(3)9-12)24-18(26)11-23-17(25)10-15-4-6-16(7-5-15)27-20(21)22/h4-9,20H,10-11H2,1-3H3,(H,23,25)(H,24,26). The van der Waals surface area contributed by atoms with E-state index in [0.29, 0.717) is 5.56 Å². The van der Waals surface area contributed by atoms with Crippen molar-refractivity contribution in [2.75, 3.05) is 11.9 Å². The largest absolute Gasteiger partial charge is 0.435 e. The van der Waals surface area contributed by atoms with E-state index in [1.54, 1.807) is 0 Å². The summed E-state index contributed by atoms with van der Waals surface area (Å²) in [6.07, 6.45) is 0.0326. The molecule has 0 unspecified atom stereocenters. The summed E-state index contributed by atoms with van der Waals surface area (Å²) < 4.78 is 28.5. The van der Waals surface area contributed by atoms with Crippen LogP contribution in [0.2, 0.25) is 0 Å². The zero-order chi connectivity index (χ0) is 20.0. The molecule has 0 radical (unpaired) electrons. The highest BCUT2D eigenvalue weighted by Gasteiger charge is 2.11. The molecule has 2 aromatic rings. The average molecular weight is 376 g/mol. The normalized spacial score (nSPS) is 10.6. The third kappa shape index (κ3) is 6.36. The van der Waals surface area contributed by atoms with E-state index >= 15 is 0 Å². The van der Waals surface area contributed by atoms with Crippen molar-refractivity contribution in [1.82, 2.24) is 5.32 Å². The van der Waals surface area contributed by atoms with Gasteiger partial charge in [0.1, 0.15) is 5.75 Å². The molecule has 7 heteroatoms. The Balaban J connectivity index is 1.84. The fourth-order valence-electron chi connectivity index (χ4n) is 2.78. The van der Waals surface area contributed by atoms with Crippen LogP contribution < -0.4 is 15.4 Å². The quantitative estimate of drug-likeness (QED) is 0.777. The van der Waals surface area contributed by atoms with Gasteiger partial charge >= 0.3 is 6.61 Å². The fourth-order valence-corrected chi connectivity index (χ4v) is 2.78. The number of amides is 2. The van der Waals surface area contributed by atoms with Gasteiger partial charge in [0.05, 0.1) is 13.0 Å². The van der Waals surface area contributed by atoms with Gasteiger partial charge in [-0.3, -0.25) is 9.59 Å². The van der Waals surface area contributed by atoms with Crippen molar-refractivity contribution in [2.24, 2.45) is 0 Å². The van der Waals surface area contributed by atoms with Crippen LogP contribution in [0.15, 0.2) is 36.4 Å². The molecule has 27 heavy (non-hydrogen) atoms. The maximum atomic E-state index is 12.1. The average Bonchev–Trinajstić information content (AvgIpc) is 2.57. The van der Waals surface area contributed by atoms with Gasteiger partial charge in [0, 0.05) is 5.69 Å². The third-order valence-corrected chi connectivity index (χ3v) is 3.90. The van der Waals surface area contributed by atoms with Crippen LogP contribution in [0.25, 0.3) is 0 Å². The van der Waals surface area contributed by atoms with Crippen molar-refractivity contribution in [3.05, 3.63) is 58.7 Å². The van der Waals surface area contributed by atoms with Crippen LogP contribution in [0.3, 0.4) is 0 Å². The maximum absolute atomic E-state index is 12.1. The second kappa shape index (κ2) is 9.12. The Hall–Kier alpha value is -2.96. The summed E-state index contributed by atoms with van der Waals surface area (Å²) in [4.78, 5) is 24.1. The molecule has 0 atom stereocenters. The number of hydrogen-bond acceptors (Lipinski definition) is 3. The van der Waals surface area contributed by atoms with Gasteiger partial charge in [0.2, 0.25) is 11.8 Å². The Labute approximate surface area is 156 Å². The molecular formula is C20H22F2N2O3. The smallest absolute Gasteiger partial charge is 0.387 e. The van der Waals surface area contributed by atoms with E-state index in [0.717, 1.165) is 22.4 Å². The number of benzene rings is 2. The molecule has 144 valence electrons. The molecule has 2 N–H and O–H groups in total. The zero-order valence-corrected chi connectivity index (χ0v) is 15.4. The van der Waals surface area contributed by atoms with Crippen LogP contribution in [0.4, 0.5) is 14.5 Å². The van der Waals surface area contributed by atoms with Crippen molar-refractivity contribution in [2.45, 2.75) is 33.8 Å². The van der Waals surface area contributed by atoms with Gasteiger partial charge in [0.15, 0.2) is 0 Å². The van der Waals surface area contributed by atoms with Gasteiger partial charge in [-0.05, 0) is 49.6 Å². The van der Waals surface area contributed by atoms with Gasteiger partial charge in [-0.1, -0.05) is 29.8 Å². The summed E-state index contributed by atoms with van der Waals surface area (Å²) >= 11 is 0. The Kier molecular flexibility index (Phi) is 6.87. The number of carbonyl (C=O) groups excluding carboxylic acids is 2. The van der Waals surface area contributed by atoms with Crippen LogP contribution >= 0.6 is 0 Å². The molecule has 0 spiro atoms. The van der Waals surface area contributed by atoms with Crippen LogP contribution in [0.1, 0.15) is 22.3 Å². The molecule has 2 amide bonds. The van der Waals surface area contributed by atoms with E-state index in [1.807, 2.05) is 32.9 Å². The Bertz CT molecular complexity index is 797. The van der Waals surface area contributed by atoms with Gasteiger partial charge in [-0.2, -0.15) is 8.78 Å². The summed E-state index contributed by atoms with van der Waals surface area (Å²) in [5, 5.41) is 5.36. The number of alkyl halides is 2. The van der Waals surface area contributed by atoms with Crippen molar-refractivity contribution in [3.8, 4) is 5.75 Å². The number of rotatable bonds is 7. The lowest BCUT2D eigenvalue weighted by molar-refractivity contribution is -0.123. The zero-order valence-electron chi connectivity index (χ0n) is 15.4. The van der Waals surface area contributed by atoms with Gasteiger partial charge in [-0.25, -0.2) is 0 Å².